The van der Waals surface area contributed by atoms with Gasteiger partial charge in [0.15, 0.2) is 5.58 Å². The van der Waals surface area contributed by atoms with Crippen molar-refractivity contribution < 1.29 is 4.42 Å². The Balaban J connectivity index is 1.76. The smallest absolute Gasteiger partial charge is 0.298 e. The monoisotopic (exact) mass is 264 g/mol. The van der Waals surface area contributed by atoms with Crippen LogP contribution in [0, 0.1) is 0 Å². The van der Waals surface area contributed by atoms with Gasteiger partial charge in [-0.05, 0) is 36.1 Å². The molecule has 0 atom stereocenters. The van der Waals surface area contributed by atoms with Gasteiger partial charge in [0.2, 0.25) is 0 Å². The van der Waals surface area contributed by atoms with E-state index in [2.05, 4.69) is 46.3 Å². The standard InChI is InChI=1S/C17H16N2O/c1-2-6-13(7-3-1)14-8-9-16-15(12-14)18-17(20-16)19-10-4-5-11-19/h1-3,6-9,12H,4-5,10-11H2. The molecule has 0 unspecified atom stereocenters. The second-order valence-corrected chi connectivity index (χ2v) is 5.24. The van der Waals surface area contributed by atoms with Crippen LogP contribution in [0.2, 0.25) is 0 Å². The molecule has 0 N–H and O–H groups in total. The van der Waals surface area contributed by atoms with Crippen molar-refractivity contribution in [3.8, 4) is 11.1 Å². The van der Waals surface area contributed by atoms with Crippen LogP contribution in [0.25, 0.3) is 22.2 Å². The molecule has 0 amide bonds. The summed E-state index contributed by atoms with van der Waals surface area (Å²) in [5.74, 6) is 0. The van der Waals surface area contributed by atoms with Gasteiger partial charge in [0.05, 0.1) is 0 Å². The Kier molecular flexibility index (Phi) is 2.69. The summed E-state index contributed by atoms with van der Waals surface area (Å²) in [6.45, 7) is 2.11. The Morgan fingerprint density at radius 3 is 2.50 bits per heavy atom. The van der Waals surface area contributed by atoms with Crippen LogP contribution < -0.4 is 4.90 Å². The lowest BCUT2D eigenvalue weighted by Gasteiger charge is -2.10. The van der Waals surface area contributed by atoms with E-state index in [0.717, 1.165) is 30.2 Å². The summed E-state index contributed by atoms with van der Waals surface area (Å²) in [5, 5.41) is 0. The van der Waals surface area contributed by atoms with Crippen LogP contribution in [0.4, 0.5) is 6.01 Å². The fourth-order valence-corrected chi connectivity index (χ4v) is 2.77. The molecule has 1 saturated heterocycles. The molecule has 1 aliphatic heterocycles. The van der Waals surface area contributed by atoms with E-state index in [1.807, 2.05) is 12.1 Å². The van der Waals surface area contributed by atoms with E-state index in [0.29, 0.717) is 0 Å². The minimum Gasteiger partial charge on any atom is -0.423 e. The molecule has 1 aromatic heterocycles. The molecule has 100 valence electrons. The molecule has 4 rings (SSSR count). The highest BCUT2D eigenvalue weighted by Gasteiger charge is 2.18. The van der Waals surface area contributed by atoms with Crippen molar-refractivity contribution in [2.75, 3.05) is 18.0 Å². The third-order valence-electron chi connectivity index (χ3n) is 3.86. The molecule has 3 nitrogen and oxygen atoms in total. The number of hydrogen-bond acceptors (Lipinski definition) is 3. The average molecular weight is 264 g/mol. The second kappa shape index (κ2) is 4.67. The van der Waals surface area contributed by atoms with E-state index in [1.165, 1.54) is 24.0 Å². The Hall–Kier alpha value is -2.29. The van der Waals surface area contributed by atoms with E-state index >= 15 is 0 Å². The SMILES string of the molecule is c1ccc(-c2ccc3oc(N4CCCC4)nc3c2)cc1. The van der Waals surface area contributed by atoms with Crippen molar-refractivity contribution in [2.45, 2.75) is 12.8 Å². The predicted molar refractivity (Wildman–Crippen MR) is 80.9 cm³/mol. The van der Waals surface area contributed by atoms with Crippen molar-refractivity contribution in [1.29, 1.82) is 0 Å². The third kappa shape index (κ3) is 1.95. The highest BCUT2D eigenvalue weighted by molar-refractivity contribution is 5.81. The molecule has 0 aliphatic carbocycles. The molecule has 1 aliphatic rings. The Morgan fingerprint density at radius 2 is 1.70 bits per heavy atom. The van der Waals surface area contributed by atoms with Crippen molar-refractivity contribution in [1.82, 2.24) is 4.98 Å². The molecule has 0 bridgehead atoms. The van der Waals surface area contributed by atoms with Gasteiger partial charge in [0.25, 0.3) is 6.01 Å². The largest absolute Gasteiger partial charge is 0.423 e. The maximum atomic E-state index is 5.86. The summed E-state index contributed by atoms with van der Waals surface area (Å²) in [6, 6.07) is 17.3. The van der Waals surface area contributed by atoms with E-state index in [9.17, 15) is 0 Å². The molecule has 0 saturated carbocycles. The maximum Gasteiger partial charge on any atom is 0.298 e. The molecule has 0 spiro atoms. The normalized spacial score (nSPS) is 15.1. The van der Waals surface area contributed by atoms with Gasteiger partial charge < -0.3 is 9.32 Å². The fourth-order valence-electron chi connectivity index (χ4n) is 2.77. The molecule has 2 aromatic carbocycles. The lowest BCUT2D eigenvalue weighted by Crippen LogP contribution is -2.17. The van der Waals surface area contributed by atoms with Crippen LogP contribution in [-0.4, -0.2) is 18.1 Å². The average Bonchev–Trinajstić information content (AvgIpc) is 3.16. The number of anilines is 1. The first-order chi connectivity index (χ1) is 9.90. The number of nitrogens with zero attached hydrogens (tertiary/aromatic N) is 2. The highest BCUT2D eigenvalue weighted by Crippen LogP contribution is 2.28. The van der Waals surface area contributed by atoms with E-state index in [1.54, 1.807) is 0 Å². The molecular formula is C17H16N2O. The Labute approximate surface area is 117 Å². The van der Waals surface area contributed by atoms with Crippen molar-refractivity contribution in [2.24, 2.45) is 0 Å². The molecule has 20 heavy (non-hydrogen) atoms. The Bertz CT molecular complexity index is 727. The number of oxazole rings is 1. The lowest BCUT2D eigenvalue weighted by molar-refractivity contribution is 0.585. The Morgan fingerprint density at radius 1 is 0.900 bits per heavy atom. The molecule has 2 heterocycles. The lowest BCUT2D eigenvalue weighted by atomic mass is 10.1. The first-order valence-corrected chi connectivity index (χ1v) is 7.11. The van der Waals surface area contributed by atoms with Gasteiger partial charge >= 0.3 is 0 Å². The first-order valence-electron chi connectivity index (χ1n) is 7.11. The van der Waals surface area contributed by atoms with Gasteiger partial charge in [-0.15, -0.1) is 0 Å². The van der Waals surface area contributed by atoms with E-state index < -0.39 is 0 Å². The quantitative estimate of drug-likeness (QED) is 0.698. The fraction of sp³-hybridized carbons (Fsp3) is 0.235. The van der Waals surface area contributed by atoms with Crippen LogP contribution in [0.5, 0.6) is 0 Å². The number of hydrogen-bond donors (Lipinski definition) is 0. The van der Waals surface area contributed by atoms with Gasteiger partial charge in [-0.1, -0.05) is 36.4 Å². The summed E-state index contributed by atoms with van der Waals surface area (Å²) < 4.78 is 5.86. The molecule has 3 aromatic rings. The highest BCUT2D eigenvalue weighted by atomic mass is 16.4. The van der Waals surface area contributed by atoms with Crippen molar-refractivity contribution in [3.05, 3.63) is 48.5 Å². The van der Waals surface area contributed by atoms with Crippen LogP contribution >= 0.6 is 0 Å². The molecule has 0 radical (unpaired) electrons. The van der Waals surface area contributed by atoms with Gasteiger partial charge in [-0.3, -0.25) is 0 Å². The molecule has 1 fully saturated rings. The number of fused-ring (bicyclic) bond motifs is 1. The molecular weight excluding hydrogens is 248 g/mol. The summed E-state index contributed by atoms with van der Waals surface area (Å²) in [4.78, 5) is 6.86. The zero-order valence-electron chi connectivity index (χ0n) is 11.2. The predicted octanol–water partition coefficient (Wildman–Crippen LogP) is 4.10. The minimum atomic E-state index is 0.766. The zero-order chi connectivity index (χ0) is 13.4. The van der Waals surface area contributed by atoms with E-state index in [4.69, 9.17) is 4.42 Å². The first kappa shape index (κ1) is 11.5. The van der Waals surface area contributed by atoms with Crippen LogP contribution in [0.3, 0.4) is 0 Å². The van der Waals surface area contributed by atoms with Crippen LogP contribution in [0.1, 0.15) is 12.8 Å². The summed E-state index contributed by atoms with van der Waals surface area (Å²) in [7, 11) is 0. The second-order valence-electron chi connectivity index (χ2n) is 5.24. The number of aromatic nitrogens is 1. The summed E-state index contributed by atoms with van der Waals surface area (Å²) >= 11 is 0. The van der Waals surface area contributed by atoms with Gasteiger partial charge in [0, 0.05) is 13.1 Å². The number of rotatable bonds is 2. The zero-order valence-corrected chi connectivity index (χ0v) is 11.2. The maximum absolute atomic E-state index is 5.86. The van der Waals surface area contributed by atoms with Crippen molar-refractivity contribution in [3.63, 3.8) is 0 Å². The summed E-state index contributed by atoms with van der Waals surface area (Å²) in [5.41, 5.74) is 4.19. The topological polar surface area (TPSA) is 29.3 Å². The van der Waals surface area contributed by atoms with Gasteiger partial charge in [0.1, 0.15) is 5.52 Å². The van der Waals surface area contributed by atoms with Crippen molar-refractivity contribution >= 4 is 17.1 Å². The van der Waals surface area contributed by atoms with Crippen LogP contribution in [0.15, 0.2) is 52.9 Å². The molecule has 3 heteroatoms. The minimum absolute atomic E-state index is 0.766. The summed E-state index contributed by atoms with van der Waals surface area (Å²) in [6.07, 6.45) is 2.46. The van der Waals surface area contributed by atoms with Gasteiger partial charge in [-0.2, -0.15) is 4.98 Å². The van der Waals surface area contributed by atoms with Gasteiger partial charge in [-0.25, -0.2) is 0 Å². The number of benzene rings is 2. The van der Waals surface area contributed by atoms with Crippen LogP contribution in [-0.2, 0) is 0 Å². The third-order valence-corrected chi connectivity index (χ3v) is 3.86. The van der Waals surface area contributed by atoms with E-state index in [-0.39, 0.29) is 0 Å².